The van der Waals surface area contributed by atoms with Crippen molar-refractivity contribution in [3.05, 3.63) is 35.7 Å². The van der Waals surface area contributed by atoms with E-state index >= 15 is 0 Å². The summed E-state index contributed by atoms with van der Waals surface area (Å²) >= 11 is 1.28. The van der Waals surface area contributed by atoms with E-state index in [1.165, 1.54) is 17.8 Å². The van der Waals surface area contributed by atoms with E-state index in [2.05, 4.69) is 15.5 Å². The number of nitrogens with one attached hydrogen (secondary N) is 1. The van der Waals surface area contributed by atoms with Crippen molar-refractivity contribution < 1.29 is 13.6 Å². The zero-order chi connectivity index (χ0) is 16.6. The maximum absolute atomic E-state index is 13.2. The summed E-state index contributed by atoms with van der Waals surface area (Å²) in [4.78, 5) is 12.2. The van der Waals surface area contributed by atoms with Crippen molar-refractivity contribution in [1.29, 1.82) is 0 Å². The molecule has 1 aliphatic rings. The Morgan fingerprint density at radius 3 is 2.74 bits per heavy atom. The fourth-order valence-corrected chi connectivity index (χ4v) is 2.98. The summed E-state index contributed by atoms with van der Waals surface area (Å²) in [6.45, 7) is 1.73. The molecule has 1 N–H and O–H groups in total. The van der Waals surface area contributed by atoms with Crippen LogP contribution in [0.2, 0.25) is 0 Å². The van der Waals surface area contributed by atoms with Gasteiger partial charge in [0.05, 0.1) is 5.25 Å². The van der Waals surface area contributed by atoms with Crippen LogP contribution in [-0.4, -0.2) is 25.9 Å². The van der Waals surface area contributed by atoms with Crippen LogP contribution in [-0.2, 0) is 11.8 Å². The zero-order valence-corrected chi connectivity index (χ0v) is 13.5. The average molecular weight is 338 g/mol. The number of aromatic nitrogens is 3. The van der Waals surface area contributed by atoms with E-state index in [-0.39, 0.29) is 11.6 Å². The Labute approximate surface area is 136 Å². The lowest BCUT2D eigenvalue weighted by atomic mass is 10.3. The summed E-state index contributed by atoms with van der Waals surface area (Å²) in [5, 5.41) is 11.1. The first-order valence-electron chi connectivity index (χ1n) is 7.27. The highest BCUT2D eigenvalue weighted by Gasteiger charge is 2.30. The van der Waals surface area contributed by atoms with Crippen molar-refractivity contribution in [2.45, 2.75) is 36.1 Å². The van der Waals surface area contributed by atoms with Crippen LogP contribution < -0.4 is 5.32 Å². The van der Waals surface area contributed by atoms with Crippen LogP contribution in [0.5, 0.6) is 0 Å². The van der Waals surface area contributed by atoms with E-state index in [0.717, 1.165) is 30.8 Å². The van der Waals surface area contributed by atoms with Gasteiger partial charge in [-0.25, -0.2) is 8.78 Å². The van der Waals surface area contributed by atoms with Crippen molar-refractivity contribution in [3.63, 3.8) is 0 Å². The number of carbonyl (C=O) groups is 1. The molecule has 0 aliphatic heterocycles. The number of anilines is 1. The number of nitrogens with zero attached hydrogens (tertiary/aromatic N) is 3. The van der Waals surface area contributed by atoms with Crippen molar-refractivity contribution in [1.82, 2.24) is 14.8 Å². The fourth-order valence-electron chi connectivity index (χ4n) is 2.16. The van der Waals surface area contributed by atoms with Crippen LogP contribution in [0.25, 0.3) is 0 Å². The molecule has 23 heavy (non-hydrogen) atoms. The maximum Gasteiger partial charge on any atom is 0.237 e. The lowest BCUT2D eigenvalue weighted by Crippen LogP contribution is -2.23. The molecular formula is C15H16F2N4OS. The third-order valence-electron chi connectivity index (χ3n) is 3.65. The monoisotopic (exact) mass is 338 g/mol. The number of rotatable bonds is 5. The summed E-state index contributed by atoms with van der Waals surface area (Å²) in [5.74, 6) is -0.825. The van der Waals surface area contributed by atoms with Crippen LogP contribution >= 0.6 is 11.8 Å². The molecule has 0 unspecified atom stereocenters. The number of hydrogen-bond donors (Lipinski definition) is 1. The van der Waals surface area contributed by atoms with Crippen LogP contribution in [0, 0.1) is 11.6 Å². The van der Waals surface area contributed by atoms with Gasteiger partial charge in [-0.15, -0.1) is 10.2 Å². The first kappa shape index (κ1) is 15.9. The van der Waals surface area contributed by atoms with Gasteiger partial charge < -0.3 is 9.88 Å². The molecule has 2 aromatic rings. The molecule has 1 saturated carbocycles. The smallest absolute Gasteiger partial charge is 0.237 e. The van der Waals surface area contributed by atoms with Crippen molar-refractivity contribution in [3.8, 4) is 0 Å². The van der Waals surface area contributed by atoms with Gasteiger partial charge in [0.15, 0.2) is 16.8 Å². The molecule has 0 saturated heterocycles. The molecule has 0 radical (unpaired) electrons. The minimum atomic E-state index is -0.995. The summed E-state index contributed by atoms with van der Waals surface area (Å²) < 4.78 is 28.0. The Bertz CT molecular complexity index is 745. The third-order valence-corrected chi connectivity index (χ3v) is 4.78. The SMILES string of the molecule is C[C@@H](Sc1nnc(C2CC2)n1C)C(=O)Nc1ccc(F)c(F)c1. The first-order valence-corrected chi connectivity index (χ1v) is 8.15. The molecule has 8 heteroatoms. The van der Waals surface area contributed by atoms with Gasteiger partial charge >= 0.3 is 0 Å². The number of halogens is 2. The van der Waals surface area contributed by atoms with E-state index < -0.39 is 16.9 Å². The highest BCUT2D eigenvalue weighted by molar-refractivity contribution is 8.00. The van der Waals surface area contributed by atoms with E-state index in [1.54, 1.807) is 6.92 Å². The van der Waals surface area contributed by atoms with Crippen molar-refractivity contribution in [2.24, 2.45) is 7.05 Å². The number of benzene rings is 1. The van der Waals surface area contributed by atoms with E-state index in [1.807, 2.05) is 11.6 Å². The van der Waals surface area contributed by atoms with Gasteiger partial charge in [-0.1, -0.05) is 11.8 Å². The Kier molecular flexibility index (Phi) is 4.34. The van der Waals surface area contributed by atoms with Crippen LogP contribution in [0.4, 0.5) is 14.5 Å². The molecule has 0 spiro atoms. The number of thioether (sulfide) groups is 1. The van der Waals surface area contributed by atoms with Gasteiger partial charge in [-0.2, -0.15) is 0 Å². The Morgan fingerprint density at radius 2 is 2.09 bits per heavy atom. The van der Waals surface area contributed by atoms with Crippen molar-refractivity contribution in [2.75, 3.05) is 5.32 Å². The van der Waals surface area contributed by atoms with Crippen LogP contribution in [0.1, 0.15) is 31.5 Å². The predicted molar refractivity (Wildman–Crippen MR) is 83.3 cm³/mol. The summed E-state index contributed by atoms with van der Waals surface area (Å²) in [7, 11) is 1.88. The topological polar surface area (TPSA) is 59.8 Å². The minimum absolute atomic E-state index is 0.220. The van der Waals surface area contributed by atoms with Gasteiger partial charge in [0, 0.05) is 24.7 Å². The van der Waals surface area contributed by atoms with E-state index in [4.69, 9.17) is 0 Å². The second-order valence-electron chi connectivity index (χ2n) is 5.55. The second-order valence-corrected chi connectivity index (χ2v) is 6.86. The normalized spacial score (nSPS) is 15.5. The van der Waals surface area contributed by atoms with Gasteiger partial charge in [0.2, 0.25) is 5.91 Å². The number of carbonyl (C=O) groups excluding carboxylic acids is 1. The molecule has 3 rings (SSSR count). The van der Waals surface area contributed by atoms with E-state index in [0.29, 0.717) is 11.1 Å². The Balaban J connectivity index is 1.64. The van der Waals surface area contributed by atoms with Crippen LogP contribution in [0.15, 0.2) is 23.4 Å². The summed E-state index contributed by atoms with van der Waals surface area (Å²) in [5.41, 5.74) is 0.220. The third kappa shape index (κ3) is 3.52. The molecule has 1 amide bonds. The summed E-state index contributed by atoms with van der Waals surface area (Å²) in [6.07, 6.45) is 2.26. The average Bonchev–Trinajstić information content (AvgIpc) is 3.29. The molecule has 1 heterocycles. The lowest BCUT2D eigenvalue weighted by Gasteiger charge is -2.11. The molecule has 1 aliphatic carbocycles. The van der Waals surface area contributed by atoms with Gasteiger partial charge in [-0.05, 0) is 31.9 Å². The minimum Gasteiger partial charge on any atom is -0.325 e. The predicted octanol–water partition coefficient (Wildman–Crippen LogP) is 3.09. The largest absolute Gasteiger partial charge is 0.325 e. The molecule has 122 valence electrons. The van der Waals surface area contributed by atoms with Crippen molar-refractivity contribution >= 4 is 23.4 Å². The zero-order valence-electron chi connectivity index (χ0n) is 12.7. The van der Waals surface area contributed by atoms with Gasteiger partial charge in [0.1, 0.15) is 5.82 Å². The first-order chi connectivity index (χ1) is 11.0. The maximum atomic E-state index is 13.2. The molecule has 1 fully saturated rings. The molecular weight excluding hydrogens is 322 g/mol. The molecule has 1 atom stereocenters. The standard InChI is InChI=1S/C15H16F2N4OS/c1-8(14(22)18-10-5-6-11(16)12(17)7-10)23-15-20-19-13(21(15)2)9-3-4-9/h5-9H,3-4H2,1-2H3,(H,18,22)/t8-/m1/s1. The Hall–Kier alpha value is -1.96. The quantitative estimate of drug-likeness (QED) is 0.851. The fraction of sp³-hybridized carbons (Fsp3) is 0.400. The molecule has 5 nitrogen and oxygen atoms in total. The lowest BCUT2D eigenvalue weighted by molar-refractivity contribution is -0.115. The molecule has 1 aromatic heterocycles. The highest BCUT2D eigenvalue weighted by Crippen LogP contribution is 2.39. The molecule has 0 bridgehead atoms. The number of hydrogen-bond acceptors (Lipinski definition) is 4. The summed E-state index contributed by atoms with van der Waals surface area (Å²) in [6, 6.07) is 3.26. The second kappa shape index (κ2) is 6.27. The Morgan fingerprint density at radius 1 is 1.35 bits per heavy atom. The van der Waals surface area contributed by atoms with Crippen LogP contribution in [0.3, 0.4) is 0 Å². The van der Waals surface area contributed by atoms with Gasteiger partial charge in [0.25, 0.3) is 0 Å². The van der Waals surface area contributed by atoms with E-state index in [9.17, 15) is 13.6 Å². The van der Waals surface area contributed by atoms with Gasteiger partial charge in [-0.3, -0.25) is 4.79 Å². The number of amides is 1. The highest BCUT2D eigenvalue weighted by atomic mass is 32.2. The molecule has 1 aromatic carbocycles.